The van der Waals surface area contributed by atoms with Crippen LogP contribution >= 0.6 is 0 Å². The molecule has 4 heteroatoms. The summed E-state index contributed by atoms with van der Waals surface area (Å²) in [5, 5.41) is 7.43. The molecule has 0 amide bonds. The van der Waals surface area contributed by atoms with Gasteiger partial charge in [-0.2, -0.15) is 0 Å². The minimum absolute atomic E-state index is 0.195. The van der Waals surface area contributed by atoms with E-state index >= 15 is 0 Å². The summed E-state index contributed by atoms with van der Waals surface area (Å²) in [6, 6.07) is 11.4. The quantitative estimate of drug-likeness (QED) is 0.522. The molecule has 29 heavy (non-hydrogen) atoms. The molecular weight excluding hydrogens is 366 g/mol. The van der Waals surface area contributed by atoms with Gasteiger partial charge < -0.3 is 10.6 Å². The van der Waals surface area contributed by atoms with E-state index < -0.39 is 11.6 Å². The third-order valence-electron chi connectivity index (χ3n) is 6.12. The van der Waals surface area contributed by atoms with Gasteiger partial charge in [-0.25, -0.2) is 8.78 Å². The van der Waals surface area contributed by atoms with E-state index in [0.29, 0.717) is 18.9 Å². The molecule has 0 saturated heterocycles. The Labute approximate surface area is 174 Å². The molecule has 0 aromatic heterocycles. The van der Waals surface area contributed by atoms with Crippen LogP contribution in [0.15, 0.2) is 36.4 Å². The Bertz CT molecular complexity index is 744. The molecule has 158 valence electrons. The van der Waals surface area contributed by atoms with Gasteiger partial charge in [0.2, 0.25) is 0 Å². The second kappa shape index (κ2) is 10.8. The highest BCUT2D eigenvalue weighted by molar-refractivity contribution is 5.36. The number of hydrogen-bond acceptors (Lipinski definition) is 2. The SMILES string of the molecule is Cc1cccc(C)c1C(CNCCCc1c(F)cccc1F)NC1CCCCC1. The van der Waals surface area contributed by atoms with Gasteiger partial charge in [-0.1, -0.05) is 43.5 Å². The van der Waals surface area contributed by atoms with E-state index in [9.17, 15) is 8.78 Å². The van der Waals surface area contributed by atoms with E-state index in [2.05, 4.69) is 42.7 Å². The summed E-state index contributed by atoms with van der Waals surface area (Å²) in [5.74, 6) is -0.894. The molecule has 1 atom stereocenters. The highest BCUT2D eigenvalue weighted by atomic mass is 19.1. The lowest BCUT2D eigenvalue weighted by Gasteiger charge is -2.31. The molecule has 1 aliphatic carbocycles. The normalized spacial score (nSPS) is 16.1. The zero-order valence-corrected chi connectivity index (χ0v) is 17.7. The van der Waals surface area contributed by atoms with Crippen LogP contribution in [-0.4, -0.2) is 19.1 Å². The average Bonchev–Trinajstić information content (AvgIpc) is 2.70. The molecule has 2 aromatic carbocycles. The van der Waals surface area contributed by atoms with Crippen LogP contribution in [-0.2, 0) is 6.42 Å². The molecule has 0 spiro atoms. The summed E-state index contributed by atoms with van der Waals surface area (Å²) in [4.78, 5) is 0. The van der Waals surface area contributed by atoms with Gasteiger partial charge >= 0.3 is 0 Å². The van der Waals surface area contributed by atoms with Crippen LogP contribution < -0.4 is 10.6 Å². The monoisotopic (exact) mass is 400 g/mol. The number of aryl methyl sites for hydroxylation is 2. The van der Waals surface area contributed by atoms with Gasteiger partial charge in [0.15, 0.2) is 0 Å². The molecule has 2 aromatic rings. The van der Waals surface area contributed by atoms with E-state index in [-0.39, 0.29) is 11.6 Å². The summed E-state index contributed by atoms with van der Waals surface area (Å²) >= 11 is 0. The van der Waals surface area contributed by atoms with Crippen molar-refractivity contribution in [2.45, 2.75) is 70.9 Å². The third kappa shape index (κ3) is 6.10. The fourth-order valence-electron chi connectivity index (χ4n) is 4.58. The van der Waals surface area contributed by atoms with Crippen molar-refractivity contribution in [2.75, 3.05) is 13.1 Å². The van der Waals surface area contributed by atoms with E-state index in [1.165, 1.54) is 67.0 Å². The van der Waals surface area contributed by atoms with Crippen LogP contribution in [0.3, 0.4) is 0 Å². The Morgan fingerprint density at radius 1 is 0.931 bits per heavy atom. The van der Waals surface area contributed by atoms with Crippen LogP contribution in [0.1, 0.15) is 66.8 Å². The van der Waals surface area contributed by atoms with Crippen molar-refractivity contribution in [3.63, 3.8) is 0 Å². The number of halogens is 2. The Balaban J connectivity index is 1.58. The molecule has 1 aliphatic rings. The third-order valence-corrected chi connectivity index (χ3v) is 6.12. The molecule has 0 radical (unpaired) electrons. The van der Waals surface area contributed by atoms with Crippen LogP contribution in [0.5, 0.6) is 0 Å². The van der Waals surface area contributed by atoms with Crippen LogP contribution in [0.4, 0.5) is 8.78 Å². The second-order valence-corrected chi connectivity index (χ2v) is 8.37. The van der Waals surface area contributed by atoms with Crippen molar-refractivity contribution in [1.82, 2.24) is 10.6 Å². The number of nitrogens with one attached hydrogen (secondary N) is 2. The van der Waals surface area contributed by atoms with E-state index in [4.69, 9.17) is 0 Å². The zero-order valence-electron chi connectivity index (χ0n) is 17.7. The molecule has 2 nitrogen and oxygen atoms in total. The first-order valence-corrected chi connectivity index (χ1v) is 11.0. The van der Waals surface area contributed by atoms with Gasteiger partial charge in [0.1, 0.15) is 11.6 Å². The minimum Gasteiger partial charge on any atom is -0.315 e. The highest BCUT2D eigenvalue weighted by Gasteiger charge is 2.21. The number of hydrogen-bond donors (Lipinski definition) is 2. The average molecular weight is 401 g/mol. The summed E-state index contributed by atoms with van der Waals surface area (Å²) in [5.41, 5.74) is 4.20. The zero-order chi connectivity index (χ0) is 20.6. The standard InChI is InChI=1S/C25H34F2N2/c1-18-9-6-10-19(2)25(18)24(29-20-11-4-3-5-12-20)17-28-16-8-13-21-22(26)14-7-15-23(21)27/h6-7,9-10,14-15,20,24,28-29H,3-5,8,11-13,16-17H2,1-2H3. The van der Waals surface area contributed by atoms with Crippen molar-refractivity contribution >= 4 is 0 Å². The predicted octanol–water partition coefficient (Wildman–Crippen LogP) is 5.77. The maximum Gasteiger partial charge on any atom is 0.129 e. The van der Waals surface area contributed by atoms with Crippen molar-refractivity contribution in [2.24, 2.45) is 0 Å². The lowest BCUT2D eigenvalue weighted by molar-refractivity contribution is 0.330. The van der Waals surface area contributed by atoms with E-state index in [1.54, 1.807) is 0 Å². The van der Waals surface area contributed by atoms with E-state index in [0.717, 1.165) is 13.1 Å². The maximum absolute atomic E-state index is 13.8. The predicted molar refractivity (Wildman–Crippen MR) is 116 cm³/mol. The Kier molecular flexibility index (Phi) is 8.19. The second-order valence-electron chi connectivity index (χ2n) is 8.37. The fourth-order valence-corrected chi connectivity index (χ4v) is 4.58. The van der Waals surface area contributed by atoms with Gasteiger partial charge in [-0.15, -0.1) is 0 Å². The van der Waals surface area contributed by atoms with Gasteiger partial charge in [-0.05, 0) is 74.9 Å². The molecule has 0 aliphatic heterocycles. The molecule has 0 heterocycles. The van der Waals surface area contributed by atoms with Crippen molar-refractivity contribution in [3.05, 3.63) is 70.3 Å². The van der Waals surface area contributed by atoms with Crippen LogP contribution in [0.25, 0.3) is 0 Å². The topological polar surface area (TPSA) is 24.1 Å². The lowest BCUT2D eigenvalue weighted by atomic mass is 9.91. The van der Waals surface area contributed by atoms with Crippen molar-refractivity contribution in [3.8, 4) is 0 Å². The summed E-state index contributed by atoms with van der Waals surface area (Å²) in [6.07, 6.45) is 7.56. The first-order chi connectivity index (χ1) is 14.1. The molecule has 1 saturated carbocycles. The molecule has 2 N–H and O–H groups in total. The summed E-state index contributed by atoms with van der Waals surface area (Å²) in [7, 11) is 0. The lowest BCUT2D eigenvalue weighted by Crippen LogP contribution is -2.40. The molecule has 1 unspecified atom stereocenters. The smallest absolute Gasteiger partial charge is 0.129 e. The fraction of sp³-hybridized carbons (Fsp3) is 0.520. The number of benzene rings is 2. The summed E-state index contributed by atoms with van der Waals surface area (Å²) in [6.45, 7) is 5.92. The summed E-state index contributed by atoms with van der Waals surface area (Å²) < 4.78 is 27.6. The molecular formula is C25H34F2N2. The number of rotatable bonds is 9. The largest absolute Gasteiger partial charge is 0.315 e. The molecule has 3 rings (SSSR count). The van der Waals surface area contributed by atoms with Gasteiger partial charge in [0.05, 0.1) is 0 Å². The van der Waals surface area contributed by atoms with Gasteiger partial charge in [0.25, 0.3) is 0 Å². The Morgan fingerprint density at radius 3 is 2.21 bits per heavy atom. The first kappa shape index (κ1) is 21.9. The Morgan fingerprint density at radius 2 is 1.55 bits per heavy atom. The highest BCUT2D eigenvalue weighted by Crippen LogP contribution is 2.25. The molecule has 0 bridgehead atoms. The van der Waals surface area contributed by atoms with Crippen LogP contribution in [0.2, 0.25) is 0 Å². The first-order valence-electron chi connectivity index (χ1n) is 11.0. The van der Waals surface area contributed by atoms with Crippen molar-refractivity contribution < 1.29 is 8.78 Å². The Hall–Kier alpha value is -1.78. The minimum atomic E-state index is -0.447. The van der Waals surface area contributed by atoms with Gasteiger partial charge in [0, 0.05) is 24.2 Å². The maximum atomic E-state index is 13.8. The molecule has 1 fully saturated rings. The van der Waals surface area contributed by atoms with Crippen LogP contribution in [0, 0.1) is 25.5 Å². The van der Waals surface area contributed by atoms with E-state index in [1.807, 2.05) is 0 Å². The van der Waals surface area contributed by atoms with Gasteiger partial charge in [-0.3, -0.25) is 0 Å². The van der Waals surface area contributed by atoms with Crippen molar-refractivity contribution in [1.29, 1.82) is 0 Å².